The third kappa shape index (κ3) is 2.19. The van der Waals surface area contributed by atoms with Gasteiger partial charge >= 0.3 is 0 Å². The van der Waals surface area contributed by atoms with Crippen molar-refractivity contribution in [2.75, 3.05) is 18.5 Å². The van der Waals surface area contributed by atoms with E-state index >= 15 is 0 Å². The molecule has 4 rings (SSSR count). The fourth-order valence-corrected chi connectivity index (χ4v) is 5.33. The molecular formula is C21H26N3O3+. The number of amides is 3. The third-order valence-corrected chi connectivity index (χ3v) is 6.30. The molecule has 0 saturated carbocycles. The van der Waals surface area contributed by atoms with Crippen LogP contribution in [0.15, 0.2) is 36.9 Å². The van der Waals surface area contributed by atoms with Crippen molar-refractivity contribution < 1.29 is 19.7 Å². The van der Waals surface area contributed by atoms with Gasteiger partial charge in [0.2, 0.25) is 17.4 Å². The van der Waals surface area contributed by atoms with Gasteiger partial charge in [0.1, 0.15) is 17.9 Å². The predicted molar refractivity (Wildman–Crippen MR) is 101 cm³/mol. The number of imide groups is 1. The van der Waals surface area contributed by atoms with Crippen molar-refractivity contribution in [3.8, 4) is 0 Å². The Hall–Kier alpha value is -2.47. The highest BCUT2D eigenvalue weighted by Gasteiger charge is 2.74. The molecule has 0 radical (unpaired) electrons. The second-order valence-corrected chi connectivity index (χ2v) is 8.29. The summed E-state index contributed by atoms with van der Waals surface area (Å²) < 4.78 is 0. The van der Waals surface area contributed by atoms with Crippen LogP contribution in [0.4, 0.5) is 5.69 Å². The Morgan fingerprint density at radius 1 is 1.22 bits per heavy atom. The van der Waals surface area contributed by atoms with Crippen LogP contribution < -0.4 is 10.2 Å². The molecule has 0 unspecified atom stereocenters. The number of fused-ring (bicyclic) bond motifs is 4. The van der Waals surface area contributed by atoms with Crippen LogP contribution in [0.3, 0.4) is 0 Å². The second kappa shape index (κ2) is 6.02. The van der Waals surface area contributed by atoms with Crippen LogP contribution >= 0.6 is 0 Å². The standard InChI is InChI=1S/C21H25N3O3/c1-5-10-24-15-9-7-6-8-13(15)21(20(24)27)17-16(14(22-21)11-12(2)3)18(25)23(4)19(17)26/h5-9,12,14,16-17,22H,1,10-11H2,2-4H3/p+1/t14-,16-,17-,21-/m0/s1. The maximum atomic E-state index is 13.7. The molecule has 3 aliphatic heterocycles. The van der Waals surface area contributed by atoms with Crippen LogP contribution in [0, 0.1) is 17.8 Å². The third-order valence-electron chi connectivity index (χ3n) is 6.30. The summed E-state index contributed by atoms with van der Waals surface area (Å²) in [6.07, 6.45) is 2.48. The minimum absolute atomic E-state index is 0.0860. The zero-order valence-electron chi connectivity index (χ0n) is 16.0. The van der Waals surface area contributed by atoms with Crippen molar-refractivity contribution in [1.82, 2.24) is 4.90 Å². The maximum absolute atomic E-state index is 13.7. The molecular weight excluding hydrogens is 342 g/mol. The van der Waals surface area contributed by atoms with Gasteiger partial charge in [0.05, 0.1) is 5.69 Å². The number of nitrogens with zero attached hydrogens (tertiary/aromatic N) is 2. The number of para-hydroxylation sites is 1. The molecule has 6 heteroatoms. The van der Waals surface area contributed by atoms with E-state index in [1.54, 1.807) is 11.0 Å². The first kappa shape index (κ1) is 17.9. The lowest BCUT2D eigenvalue weighted by Gasteiger charge is -2.26. The van der Waals surface area contributed by atoms with Gasteiger partial charge in [0, 0.05) is 25.6 Å². The Bertz CT molecular complexity index is 849. The zero-order chi connectivity index (χ0) is 19.5. The first-order valence-corrected chi connectivity index (χ1v) is 9.54. The Balaban J connectivity index is 1.91. The highest BCUT2D eigenvalue weighted by molar-refractivity contribution is 6.14. The van der Waals surface area contributed by atoms with Crippen LogP contribution in [0.2, 0.25) is 0 Å². The van der Waals surface area contributed by atoms with Crippen LogP contribution in [0.5, 0.6) is 0 Å². The molecule has 1 aromatic carbocycles. The first-order valence-electron chi connectivity index (χ1n) is 9.54. The van der Waals surface area contributed by atoms with Gasteiger partial charge in [-0.05, 0) is 12.0 Å². The van der Waals surface area contributed by atoms with E-state index in [9.17, 15) is 14.4 Å². The van der Waals surface area contributed by atoms with Crippen LogP contribution in [0.25, 0.3) is 0 Å². The molecule has 0 aliphatic carbocycles. The van der Waals surface area contributed by atoms with Gasteiger partial charge < -0.3 is 10.2 Å². The SMILES string of the molecule is C=CCN1C(=O)[C@]2([NH2+][C@@H](CC(C)C)[C@@H]3C(=O)N(C)C(=O)[C@H]32)c2ccccc21. The molecule has 142 valence electrons. The number of nitrogens with two attached hydrogens (primary N) is 1. The van der Waals surface area contributed by atoms with Gasteiger partial charge in [-0.15, -0.1) is 6.58 Å². The molecule has 6 nitrogen and oxygen atoms in total. The summed E-state index contributed by atoms with van der Waals surface area (Å²) in [7, 11) is 1.54. The zero-order valence-corrected chi connectivity index (χ0v) is 16.0. The lowest BCUT2D eigenvalue weighted by molar-refractivity contribution is -0.734. The molecule has 2 saturated heterocycles. The molecule has 27 heavy (non-hydrogen) atoms. The van der Waals surface area contributed by atoms with Gasteiger partial charge in [0.25, 0.3) is 5.91 Å². The first-order chi connectivity index (χ1) is 12.8. The molecule has 1 spiro atoms. The van der Waals surface area contributed by atoms with Crippen molar-refractivity contribution in [1.29, 1.82) is 0 Å². The van der Waals surface area contributed by atoms with E-state index < -0.39 is 17.4 Å². The second-order valence-electron chi connectivity index (χ2n) is 8.29. The van der Waals surface area contributed by atoms with Gasteiger partial charge in [0.15, 0.2) is 0 Å². The molecule has 3 heterocycles. The molecule has 0 bridgehead atoms. The lowest BCUT2D eigenvalue weighted by atomic mass is 9.76. The van der Waals surface area contributed by atoms with E-state index in [1.807, 2.05) is 29.6 Å². The molecule has 4 atom stereocenters. The highest BCUT2D eigenvalue weighted by Crippen LogP contribution is 2.51. The summed E-state index contributed by atoms with van der Waals surface area (Å²) in [4.78, 5) is 42.6. The Morgan fingerprint density at radius 3 is 2.59 bits per heavy atom. The van der Waals surface area contributed by atoms with Gasteiger partial charge in [-0.25, -0.2) is 0 Å². The summed E-state index contributed by atoms with van der Waals surface area (Å²) >= 11 is 0. The summed E-state index contributed by atoms with van der Waals surface area (Å²) in [5, 5.41) is 2.02. The topological polar surface area (TPSA) is 74.3 Å². The van der Waals surface area contributed by atoms with Crippen molar-refractivity contribution >= 4 is 23.4 Å². The number of carbonyl (C=O) groups excluding carboxylic acids is 3. The molecule has 3 amide bonds. The Kier molecular flexibility index (Phi) is 4.00. The van der Waals surface area contributed by atoms with E-state index in [4.69, 9.17) is 0 Å². The van der Waals surface area contributed by atoms with E-state index in [0.717, 1.165) is 17.7 Å². The molecule has 0 aromatic heterocycles. The van der Waals surface area contributed by atoms with Crippen LogP contribution in [-0.2, 0) is 19.9 Å². The molecule has 2 fully saturated rings. The fraction of sp³-hybridized carbons (Fsp3) is 0.476. The summed E-state index contributed by atoms with van der Waals surface area (Å²) in [6.45, 7) is 8.37. The Morgan fingerprint density at radius 2 is 1.93 bits per heavy atom. The summed E-state index contributed by atoms with van der Waals surface area (Å²) in [5.74, 6) is -1.24. The van der Waals surface area contributed by atoms with E-state index in [2.05, 4.69) is 20.4 Å². The maximum Gasteiger partial charge on any atom is 0.294 e. The summed E-state index contributed by atoms with van der Waals surface area (Å²) in [5.41, 5.74) is 0.605. The van der Waals surface area contributed by atoms with E-state index in [0.29, 0.717) is 12.5 Å². The minimum Gasteiger partial charge on any atom is -0.326 e. The number of carbonyl (C=O) groups is 3. The van der Waals surface area contributed by atoms with Gasteiger partial charge in [-0.2, -0.15) is 0 Å². The molecule has 3 aliphatic rings. The normalized spacial score (nSPS) is 32.0. The van der Waals surface area contributed by atoms with Crippen LogP contribution in [0.1, 0.15) is 25.8 Å². The van der Waals surface area contributed by atoms with Crippen molar-refractivity contribution in [3.63, 3.8) is 0 Å². The Labute approximate surface area is 159 Å². The number of hydrogen-bond donors (Lipinski definition) is 1. The highest BCUT2D eigenvalue weighted by atomic mass is 16.2. The monoisotopic (exact) mass is 368 g/mol. The summed E-state index contributed by atoms with van der Waals surface area (Å²) in [6, 6.07) is 7.55. The largest absolute Gasteiger partial charge is 0.326 e. The van der Waals surface area contributed by atoms with Crippen molar-refractivity contribution in [2.45, 2.75) is 31.8 Å². The number of anilines is 1. The predicted octanol–water partition coefficient (Wildman–Crippen LogP) is 0.637. The minimum atomic E-state index is -1.05. The van der Waals surface area contributed by atoms with Crippen LogP contribution in [-0.4, -0.2) is 42.3 Å². The fourth-order valence-electron chi connectivity index (χ4n) is 5.33. The van der Waals surface area contributed by atoms with E-state index in [1.165, 1.54) is 11.9 Å². The number of likely N-dealkylation sites (tertiary alicyclic amines) is 1. The van der Waals surface area contributed by atoms with Gasteiger partial charge in [-0.1, -0.05) is 38.1 Å². The van der Waals surface area contributed by atoms with Gasteiger partial charge in [-0.3, -0.25) is 19.3 Å². The molecule has 1 aromatic rings. The number of rotatable bonds is 4. The number of quaternary nitrogens is 1. The quantitative estimate of drug-likeness (QED) is 0.626. The average Bonchev–Trinajstić information content (AvgIpc) is 3.17. The van der Waals surface area contributed by atoms with E-state index in [-0.39, 0.29) is 23.8 Å². The number of hydrogen-bond acceptors (Lipinski definition) is 3. The van der Waals surface area contributed by atoms with Crippen molar-refractivity contribution in [3.05, 3.63) is 42.5 Å². The molecule has 2 N–H and O–H groups in total. The average molecular weight is 368 g/mol. The smallest absolute Gasteiger partial charge is 0.294 e. The number of benzene rings is 1. The lowest BCUT2D eigenvalue weighted by Crippen LogP contribution is -2.99. The van der Waals surface area contributed by atoms with Crippen molar-refractivity contribution in [2.24, 2.45) is 17.8 Å².